The fourth-order valence-corrected chi connectivity index (χ4v) is 2.33. The predicted octanol–water partition coefficient (Wildman–Crippen LogP) is 2.50. The molecule has 1 aliphatic rings. The largest absolute Gasteiger partial charge is 0.377 e. The zero-order valence-electron chi connectivity index (χ0n) is 10.5. The van der Waals surface area contributed by atoms with Crippen molar-refractivity contribution in [2.45, 2.75) is 26.3 Å². The van der Waals surface area contributed by atoms with E-state index in [9.17, 15) is 4.79 Å². The molecule has 1 atom stereocenters. The Bertz CT molecular complexity index is 403. The maximum atomic E-state index is 11.6. The number of ether oxygens (including phenoxy) is 1. The first kappa shape index (κ1) is 12.1. The van der Waals surface area contributed by atoms with Gasteiger partial charge in [-0.05, 0) is 25.5 Å². The third kappa shape index (κ3) is 2.50. The summed E-state index contributed by atoms with van der Waals surface area (Å²) >= 11 is 0. The fourth-order valence-electron chi connectivity index (χ4n) is 2.33. The Morgan fingerprint density at radius 3 is 2.94 bits per heavy atom. The summed E-state index contributed by atoms with van der Waals surface area (Å²) in [6, 6.07) is 8.22. The van der Waals surface area contributed by atoms with Crippen LogP contribution in [0, 0.1) is 0 Å². The highest BCUT2D eigenvalue weighted by atomic mass is 16.5. The molecular weight excluding hydrogens is 214 g/mol. The molecule has 1 heterocycles. The first-order chi connectivity index (χ1) is 8.24. The van der Waals surface area contributed by atoms with Crippen LogP contribution >= 0.6 is 0 Å². The number of Topliss-reactive ketones (excluding diaryl/α,β-unsaturated/α-hetero) is 1. The molecule has 1 fully saturated rings. The Labute approximate surface area is 102 Å². The number of para-hydroxylation sites is 1. The third-order valence-corrected chi connectivity index (χ3v) is 3.29. The lowest BCUT2D eigenvalue weighted by atomic mass is 10.1. The molecule has 0 spiro atoms. The Morgan fingerprint density at radius 2 is 2.24 bits per heavy atom. The van der Waals surface area contributed by atoms with Crippen molar-refractivity contribution in [1.82, 2.24) is 0 Å². The van der Waals surface area contributed by atoms with Gasteiger partial charge in [0.2, 0.25) is 0 Å². The van der Waals surface area contributed by atoms with Crippen LogP contribution in [0.15, 0.2) is 24.3 Å². The van der Waals surface area contributed by atoms with Gasteiger partial charge >= 0.3 is 0 Å². The Morgan fingerprint density at radius 1 is 1.47 bits per heavy atom. The van der Waals surface area contributed by atoms with Gasteiger partial charge in [-0.1, -0.05) is 19.1 Å². The van der Waals surface area contributed by atoms with E-state index in [4.69, 9.17) is 4.74 Å². The van der Waals surface area contributed by atoms with Crippen molar-refractivity contribution in [3.63, 3.8) is 0 Å². The van der Waals surface area contributed by atoms with Crippen LogP contribution in [0.3, 0.4) is 0 Å². The molecule has 3 nitrogen and oxygen atoms in total. The summed E-state index contributed by atoms with van der Waals surface area (Å²) in [7, 11) is 0. The van der Waals surface area contributed by atoms with Gasteiger partial charge in [0.1, 0.15) is 0 Å². The van der Waals surface area contributed by atoms with Crippen molar-refractivity contribution in [3.05, 3.63) is 29.8 Å². The Hall–Kier alpha value is -1.35. The van der Waals surface area contributed by atoms with Gasteiger partial charge < -0.3 is 9.64 Å². The molecule has 0 saturated carbocycles. The maximum absolute atomic E-state index is 11.6. The normalized spacial score (nSPS) is 20.4. The van der Waals surface area contributed by atoms with Crippen LogP contribution in [-0.4, -0.2) is 31.6 Å². The summed E-state index contributed by atoms with van der Waals surface area (Å²) in [4.78, 5) is 14.0. The Kier molecular flexibility index (Phi) is 3.79. The van der Waals surface area contributed by atoms with E-state index in [1.54, 1.807) is 6.92 Å². The van der Waals surface area contributed by atoms with Gasteiger partial charge in [-0.15, -0.1) is 0 Å². The molecule has 0 aliphatic carbocycles. The minimum atomic E-state index is 0.127. The molecular formula is C14H19NO2. The molecule has 0 radical (unpaired) electrons. The average Bonchev–Trinajstić information content (AvgIpc) is 2.38. The van der Waals surface area contributed by atoms with Crippen LogP contribution < -0.4 is 4.90 Å². The number of nitrogens with zero attached hydrogens (tertiary/aromatic N) is 1. The smallest absolute Gasteiger partial charge is 0.161 e. The van der Waals surface area contributed by atoms with E-state index in [-0.39, 0.29) is 5.78 Å². The minimum absolute atomic E-state index is 0.127. The van der Waals surface area contributed by atoms with Crippen LogP contribution in [-0.2, 0) is 4.74 Å². The summed E-state index contributed by atoms with van der Waals surface area (Å²) in [6.45, 7) is 6.14. The van der Waals surface area contributed by atoms with Gasteiger partial charge in [0, 0.05) is 17.8 Å². The van der Waals surface area contributed by atoms with E-state index in [0.29, 0.717) is 6.04 Å². The summed E-state index contributed by atoms with van der Waals surface area (Å²) < 4.78 is 5.50. The van der Waals surface area contributed by atoms with Gasteiger partial charge in [-0.3, -0.25) is 4.79 Å². The van der Waals surface area contributed by atoms with E-state index in [0.717, 1.165) is 37.4 Å². The summed E-state index contributed by atoms with van der Waals surface area (Å²) in [5, 5.41) is 0. The number of rotatable bonds is 3. The molecule has 1 aromatic rings. The second kappa shape index (κ2) is 5.32. The highest BCUT2D eigenvalue weighted by Gasteiger charge is 2.24. The van der Waals surface area contributed by atoms with E-state index in [1.807, 2.05) is 24.3 Å². The third-order valence-electron chi connectivity index (χ3n) is 3.29. The quantitative estimate of drug-likeness (QED) is 0.751. The van der Waals surface area contributed by atoms with Crippen molar-refractivity contribution in [2.24, 2.45) is 0 Å². The van der Waals surface area contributed by atoms with Crippen molar-refractivity contribution in [2.75, 3.05) is 24.7 Å². The first-order valence-electron chi connectivity index (χ1n) is 6.18. The number of carbonyl (C=O) groups is 1. The average molecular weight is 233 g/mol. The fraction of sp³-hybridized carbons (Fsp3) is 0.500. The zero-order valence-corrected chi connectivity index (χ0v) is 10.5. The van der Waals surface area contributed by atoms with Crippen LogP contribution in [0.25, 0.3) is 0 Å². The molecule has 1 aliphatic heterocycles. The monoisotopic (exact) mass is 233 g/mol. The van der Waals surface area contributed by atoms with Crippen molar-refractivity contribution in [1.29, 1.82) is 0 Å². The second-order valence-electron chi connectivity index (χ2n) is 4.40. The number of morpholine rings is 1. The molecule has 2 rings (SSSR count). The number of benzene rings is 1. The molecule has 0 aromatic heterocycles. The van der Waals surface area contributed by atoms with E-state index in [1.165, 1.54) is 0 Å². The molecule has 1 unspecified atom stereocenters. The lowest BCUT2D eigenvalue weighted by Crippen LogP contribution is -2.45. The second-order valence-corrected chi connectivity index (χ2v) is 4.40. The number of hydrogen-bond donors (Lipinski definition) is 0. The van der Waals surface area contributed by atoms with Gasteiger partial charge in [0.15, 0.2) is 5.78 Å². The van der Waals surface area contributed by atoms with Crippen LogP contribution in [0.5, 0.6) is 0 Å². The van der Waals surface area contributed by atoms with Gasteiger partial charge in [-0.25, -0.2) is 0 Å². The highest BCUT2D eigenvalue weighted by molar-refractivity contribution is 5.99. The van der Waals surface area contributed by atoms with Crippen LogP contribution in [0.2, 0.25) is 0 Å². The SMILES string of the molecule is CCC1COCCN1c1ccccc1C(C)=O. The molecule has 92 valence electrons. The molecule has 0 bridgehead atoms. The lowest BCUT2D eigenvalue weighted by Gasteiger charge is -2.37. The standard InChI is InChI=1S/C14H19NO2/c1-3-12-10-17-9-8-15(12)14-7-5-4-6-13(14)11(2)16/h4-7,12H,3,8-10H2,1-2H3. The lowest BCUT2D eigenvalue weighted by molar-refractivity contribution is 0.0923. The van der Waals surface area contributed by atoms with Crippen molar-refractivity contribution < 1.29 is 9.53 Å². The van der Waals surface area contributed by atoms with Crippen molar-refractivity contribution >= 4 is 11.5 Å². The van der Waals surface area contributed by atoms with Crippen LogP contribution in [0.4, 0.5) is 5.69 Å². The topological polar surface area (TPSA) is 29.5 Å². The molecule has 0 amide bonds. The predicted molar refractivity (Wildman–Crippen MR) is 68.7 cm³/mol. The van der Waals surface area contributed by atoms with Gasteiger partial charge in [-0.2, -0.15) is 0 Å². The molecule has 3 heteroatoms. The first-order valence-corrected chi connectivity index (χ1v) is 6.18. The summed E-state index contributed by atoms with van der Waals surface area (Å²) in [6.07, 6.45) is 1.03. The molecule has 17 heavy (non-hydrogen) atoms. The van der Waals surface area contributed by atoms with E-state index in [2.05, 4.69) is 11.8 Å². The molecule has 0 N–H and O–H groups in total. The number of carbonyl (C=O) groups excluding carboxylic acids is 1. The van der Waals surface area contributed by atoms with Crippen LogP contribution in [0.1, 0.15) is 30.6 Å². The molecule has 1 aromatic carbocycles. The number of hydrogen-bond acceptors (Lipinski definition) is 3. The minimum Gasteiger partial charge on any atom is -0.377 e. The zero-order chi connectivity index (χ0) is 12.3. The van der Waals surface area contributed by atoms with Gasteiger partial charge in [0.25, 0.3) is 0 Å². The van der Waals surface area contributed by atoms with Gasteiger partial charge in [0.05, 0.1) is 19.3 Å². The van der Waals surface area contributed by atoms with Crippen molar-refractivity contribution in [3.8, 4) is 0 Å². The van der Waals surface area contributed by atoms with E-state index >= 15 is 0 Å². The number of anilines is 1. The summed E-state index contributed by atoms with van der Waals surface area (Å²) in [5.41, 5.74) is 1.86. The maximum Gasteiger partial charge on any atom is 0.161 e. The summed E-state index contributed by atoms with van der Waals surface area (Å²) in [5.74, 6) is 0.127. The number of ketones is 1. The highest BCUT2D eigenvalue weighted by Crippen LogP contribution is 2.25. The molecule has 1 saturated heterocycles. The Balaban J connectivity index is 2.34. The van der Waals surface area contributed by atoms with E-state index < -0.39 is 0 Å².